The van der Waals surface area contributed by atoms with Crippen LogP contribution in [0.4, 0.5) is 0 Å². The van der Waals surface area contributed by atoms with Crippen LogP contribution in [0.3, 0.4) is 0 Å². The van der Waals surface area contributed by atoms with Crippen LogP contribution in [0.15, 0.2) is 0 Å². The first-order valence-corrected chi connectivity index (χ1v) is 10.5. The summed E-state index contributed by atoms with van der Waals surface area (Å²) in [7, 11) is 0. The van der Waals surface area contributed by atoms with E-state index in [0.29, 0.717) is 32.2 Å². The van der Waals surface area contributed by atoms with Gasteiger partial charge in [-0.3, -0.25) is 14.4 Å². The van der Waals surface area contributed by atoms with E-state index in [1.54, 1.807) is 0 Å². The summed E-state index contributed by atoms with van der Waals surface area (Å²) in [5, 5.41) is 14.0. The first kappa shape index (κ1) is 25.4. The average Bonchev–Trinajstić information content (AvgIpc) is 2.64. The van der Waals surface area contributed by atoms with E-state index in [-0.39, 0.29) is 18.4 Å². The summed E-state index contributed by atoms with van der Waals surface area (Å²) in [4.78, 5) is 33.9. The van der Waals surface area contributed by atoms with Crippen molar-refractivity contribution in [3.63, 3.8) is 0 Å². The SMILES string of the molecule is CCCCCCCCCCCC(=O)NCC(=O)NCCCC[C@H](N)C(=O)O. The van der Waals surface area contributed by atoms with E-state index >= 15 is 0 Å². The van der Waals surface area contributed by atoms with Crippen molar-refractivity contribution < 1.29 is 19.5 Å². The molecule has 158 valence electrons. The highest BCUT2D eigenvalue weighted by Crippen LogP contribution is 2.10. The van der Waals surface area contributed by atoms with E-state index in [1.165, 1.54) is 44.9 Å². The molecule has 0 aliphatic heterocycles. The van der Waals surface area contributed by atoms with Gasteiger partial charge >= 0.3 is 5.97 Å². The molecule has 5 N–H and O–H groups in total. The van der Waals surface area contributed by atoms with Crippen LogP contribution >= 0.6 is 0 Å². The molecule has 0 fully saturated rings. The predicted octanol–water partition coefficient (Wildman–Crippen LogP) is 2.72. The fourth-order valence-electron chi connectivity index (χ4n) is 2.77. The molecule has 0 saturated carbocycles. The molecule has 0 aromatic carbocycles. The molecule has 0 rings (SSSR count). The van der Waals surface area contributed by atoms with Gasteiger partial charge in [-0.1, -0.05) is 58.3 Å². The molecule has 0 aromatic heterocycles. The summed E-state index contributed by atoms with van der Waals surface area (Å²) >= 11 is 0. The number of aliphatic carboxylic acids is 1. The number of carboxylic acids is 1. The highest BCUT2D eigenvalue weighted by Gasteiger charge is 2.10. The van der Waals surface area contributed by atoms with Gasteiger partial charge in [0.2, 0.25) is 11.8 Å². The van der Waals surface area contributed by atoms with Crippen LogP contribution in [0.2, 0.25) is 0 Å². The van der Waals surface area contributed by atoms with Gasteiger partial charge in [0.25, 0.3) is 0 Å². The number of hydrogen-bond donors (Lipinski definition) is 4. The molecule has 0 saturated heterocycles. The summed E-state index contributed by atoms with van der Waals surface area (Å²) in [5.41, 5.74) is 5.40. The molecule has 0 spiro atoms. The van der Waals surface area contributed by atoms with Crippen LogP contribution in [0.1, 0.15) is 90.4 Å². The Morgan fingerprint density at radius 3 is 2.00 bits per heavy atom. The highest BCUT2D eigenvalue weighted by molar-refractivity contribution is 5.84. The van der Waals surface area contributed by atoms with Gasteiger partial charge in [-0.15, -0.1) is 0 Å². The van der Waals surface area contributed by atoms with Gasteiger partial charge in [-0.25, -0.2) is 0 Å². The fourth-order valence-corrected chi connectivity index (χ4v) is 2.77. The van der Waals surface area contributed by atoms with Gasteiger partial charge in [-0.2, -0.15) is 0 Å². The Kier molecular flexibility index (Phi) is 16.7. The first-order valence-electron chi connectivity index (χ1n) is 10.5. The van der Waals surface area contributed by atoms with Crippen LogP contribution in [-0.4, -0.2) is 42.0 Å². The zero-order valence-electron chi connectivity index (χ0n) is 16.9. The Balaban J connectivity index is 3.43. The average molecular weight is 386 g/mol. The number of hydrogen-bond acceptors (Lipinski definition) is 4. The summed E-state index contributed by atoms with van der Waals surface area (Å²) in [6.07, 6.45) is 13.0. The molecule has 0 radical (unpaired) electrons. The third-order valence-corrected chi connectivity index (χ3v) is 4.53. The van der Waals surface area contributed by atoms with Gasteiger partial charge in [0, 0.05) is 13.0 Å². The molecule has 7 heteroatoms. The number of carbonyl (C=O) groups excluding carboxylic acids is 2. The molecule has 0 heterocycles. The van der Waals surface area contributed by atoms with Crippen molar-refractivity contribution in [1.82, 2.24) is 10.6 Å². The molecule has 1 atom stereocenters. The molecule has 0 aliphatic carbocycles. The van der Waals surface area contributed by atoms with E-state index in [1.807, 2.05) is 0 Å². The molecule has 0 aromatic rings. The van der Waals surface area contributed by atoms with Gasteiger partial charge in [0.1, 0.15) is 6.04 Å². The predicted molar refractivity (Wildman–Crippen MR) is 107 cm³/mol. The quantitative estimate of drug-likeness (QED) is 0.270. The Hall–Kier alpha value is -1.63. The van der Waals surface area contributed by atoms with E-state index in [2.05, 4.69) is 17.6 Å². The first-order chi connectivity index (χ1) is 13.0. The van der Waals surface area contributed by atoms with Crippen LogP contribution in [-0.2, 0) is 14.4 Å². The lowest BCUT2D eigenvalue weighted by atomic mass is 10.1. The normalized spacial score (nSPS) is 11.8. The van der Waals surface area contributed by atoms with Crippen LogP contribution in [0.25, 0.3) is 0 Å². The highest BCUT2D eigenvalue weighted by atomic mass is 16.4. The van der Waals surface area contributed by atoms with Crippen molar-refractivity contribution in [3.8, 4) is 0 Å². The lowest BCUT2D eigenvalue weighted by Crippen LogP contribution is -2.37. The van der Waals surface area contributed by atoms with Crippen LogP contribution in [0, 0.1) is 0 Å². The van der Waals surface area contributed by atoms with Gasteiger partial charge in [0.15, 0.2) is 0 Å². The molecule has 2 amide bonds. The van der Waals surface area contributed by atoms with Crippen molar-refractivity contribution in [1.29, 1.82) is 0 Å². The van der Waals surface area contributed by atoms with Crippen LogP contribution < -0.4 is 16.4 Å². The van der Waals surface area contributed by atoms with E-state index < -0.39 is 12.0 Å². The number of rotatable bonds is 18. The summed E-state index contributed by atoms with van der Waals surface area (Å²) < 4.78 is 0. The summed E-state index contributed by atoms with van der Waals surface area (Å²) in [5.74, 6) is -1.31. The molecule has 27 heavy (non-hydrogen) atoms. The Morgan fingerprint density at radius 1 is 0.815 bits per heavy atom. The largest absolute Gasteiger partial charge is 0.480 e. The Labute approximate surface area is 163 Å². The Bertz CT molecular complexity index is 416. The van der Waals surface area contributed by atoms with Crippen LogP contribution in [0.5, 0.6) is 0 Å². The third kappa shape index (κ3) is 17.5. The monoisotopic (exact) mass is 385 g/mol. The van der Waals surface area contributed by atoms with Crippen molar-refractivity contribution >= 4 is 17.8 Å². The van der Waals surface area contributed by atoms with Crippen molar-refractivity contribution in [2.75, 3.05) is 13.1 Å². The van der Waals surface area contributed by atoms with E-state index in [4.69, 9.17) is 10.8 Å². The maximum absolute atomic E-state index is 11.7. The fraction of sp³-hybridized carbons (Fsp3) is 0.850. The standard InChI is InChI=1S/C20H39N3O4/c1-2-3-4-5-6-7-8-9-10-14-18(24)23-16-19(25)22-15-12-11-13-17(21)20(26)27/h17H,2-16,21H2,1H3,(H,22,25)(H,23,24)(H,26,27)/t17-/m0/s1. The summed E-state index contributed by atoms with van der Waals surface area (Å²) in [6.45, 7) is 2.67. The number of unbranched alkanes of at least 4 members (excludes halogenated alkanes) is 9. The maximum Gasteiger partial charge on any atom is 0.320 e. The van der Waals surface area contributed by atoms with Gasteiger partial charge < -0.3 is 21.5 Å². The van der Waals surface area contributed by atoms with Crippen molar-refractivity contribution in [3.05, 3.63) is 0 Å². The van der Waals surface area contributed by atoms with Gasteiger partial charge in [0.05, 0.1) is 6.54 Å². The maximum atomic E-state index is 11.7. The zero-order chi connectivity index (χ0) is 20.3. The zero-order valence-corrected chi connectivity index (χ0v) is 16.9. The van der Waals surface area contributed by atoms with Gasteiger partial charge in [-0.05, 0) is 25.7 Å². The number of carbonyl (C=O) groups is 3. The number of nitrogens with two attached hydrogens (primary N) is 1. The van der Waals surface area contributed by atoms with Crippen molar-refractivity contribution in [2.24, 2.45) is 5.73 Å². The minimum absolute atomic E-state index is 0.00903. The third-order valence-electron chi connectivity index (χ3n) is 4.53. The molecule has 0 aliphatic rings. The topological polar surface area (TPSA) is 122 Å². The number of carboxylic acid groups (broad SMARTS) is 1. The lowest BCUT2D eigenvalue weighted by molar-refractivity contribution is -0.138. The van der Waals surface area contributed by atoms with E-state index in [0.717, 1.165) is 12.8 Å². The molecule has 0 bridgehead atoms. The molecule has 0 unspecified atom stereocenters. The second-order valence-corrected chi connectivity index (χ2v) is 7.15. The lowest BCUT2D eigenvalue weighted by Gasteiger charge is -2.08. The van der Waals surface area contributed by atoms with Crippen molar-refractivity contribution in [2.45, 2.75) is 96.4 Å². The molecule has 7 nitrogen and oxygen atoms in total. The minimum Gasteiger partial charge on any atom is -0.480 e. The second-order valence-electron chi connectivity index (χ2n) is 7.15. The van der Waals surface area contributed by atoms with E-state index in [9.17, 15) is 14.4 Å². The minimum atomic E-state index is -1.01. The Morgan fingerprint density at radius 2 is 1.41 bits per heavy atom. The number of nitrogens with one attached hydrogen (secondary N) is 2. The smallest absolute Gasteiger partial charge is 0.320 e. The second kappa shape index (κ2) is 17.8. The molecular weight excluding hydrogens is 346 g/mol. The molecular formula is C20H39N3O4. The summed E-state index contributed by atoms with van der Waals surface area (Å²) in [6, 6.07) is -0.846. The number of amides is 2.